The number of rotatable bonds is 4. The minimum atomic E-state index is -1.10. The monoisotopic (exact) mass is 305 g/mol. The smallest absolute Gasteiger partial charge is 0.358 e. The SMILES string of the molecule is Cc1ccccc1-c1ccc(C=Cc2n[nH]nc2C(=O)O)cc1. The standard InChI is InChI=1S/C18H15N3O2/c1-12-4-2-3-5-15(12)14-9-6-13(7-10-14)8-11-16-17(18(22)23)20-21-19-16/h2-11H,1H3,(H,22,23)(H,19,20,21). The van der Waals surface area contributed by atoms with E-state index in [4.69, 9.17) is 5.11 Å². The summed E-state index contributed by atoms with van der Waals surface area (Å²) in [6.45, 7) is 2.08. The third-order valence-electron chi connectivity index (χ3n) is 3.58. The summed E-state index contributed by atoms with van der Waals surface area (Å²) in [5.41, 5.74) is 4.75. The Morgan fingerprint density at radius 3 is 2.48 bits per heavy atom. The lowest BCUT2D eigenvalue weighted by Gasteiger charge is -2.05. The zero-order chi connectivity index (χ0) is 16.2. The normalized spacial score (nSPS) is 11.0. The van der Waals surface area contributed by atoms with Crippen LogP contribution in [0.2, 0.25) is 0 Å². The molecule has 0 saturated heterocycles. The van der Waals surface area contributed by atoms with Crippen LogP contribution in [0.25, 0.3) is 23.3 Å². The number of hydrogen-bond acceptors (Lipinski definition) is 3. The van der Waals surface area contributed by atoms with Gasteiger partial charge < -0.3 is 5.11 Å². The van der Waals surface area contributed by atoms with E-state index in [0.717, 1.165) is 11.1 Å². The van der Waals surface area contributed by atoms with Crippen molar-refractivity contribution in [3.05, 3.63) is 71.0 Å². The van der Waals surface area contributed by atoms with Crippen molar-refractivity contribution in [3.63, 3.8) is 0 Å². The van der Waals surface area contributed by atoms with Gasteiger partial charge in [0.05, 0.1) is 0 Å². The first-order valence-corrected chi connectivity index (χ1v) is 7.13. The summed E-state index contributed by atoms with van der Waals surface area (Å²) in [7, 11) is 0. The Bertz CT molecular complexity index is 864. The molecule has 5 heteroatoms. The fraction of sp³-hybridized carbons (Fsp3) is 0.0556. The molecule has 0 amide bonds. The number of hydrogen-bond donors (Lipinski definition) is 2. The van der Waals surface area contributed by atoms with Crippen LogP contribution in [-0.2, 0) is 0 Å². The van der Waals surface area contributed by atoms with Crippen LogP contribution in [0.15, 0.2) is 48.5 Å². The molecule has 0 unspecified atom stereocenters. The van der Waals surface area contributed by atoms with Gasteiger partial charge in [0.1, 0.15) is 5.69 Å². The van der Waals surface area contributed by atoms with Gasteiger partial charge in [-0.1, -0.05) is 54.6 Å². The number of aromatic amines is 1. The quantitative estimate of drug-likeness (QED) is 0.771. The van der Waals surface area contributed by atoms with Crippen molar-refractivity contribution in [2.75, 3.05) is 0 Å². The zero-order valence-electron chi connectivity index (χ0n) is 12.5. The summed E-state index contributed by atoms with van der Waals surface area (Å²) in [6, 6.07) is 16.3. The second kappa shape index (κ2) is 6.27. The number of carboxylic acids is 1. The van der Waals surface area contributed by atoms with Crippen molar-refractivity contribution in [2.45, 2.75) is 6.92 Å². The molecule has 0 saturated carbocycles. The molecule has 1 heterocycles. The Balaban J connectivity index is 1.83. The van der Waals surface area contributed by atoms with Gasteiger partial charge in [-0.15, -0.1) is 5.10 Å². The predicted octanol–water partition coefficient (Wildman–Crippen LogP) is 3.65. The van der Waals surface area contributed by atoms with Crippen LogP contribution in [0.3, 0.4) is 0 Å². The average molecular weight is 305 g/mol. The van der Waals surface area contributed by atoms with Gasteiger partial charge in [0.2, 0.25) is 0 Å². The highest BCUT2D eigenvalue weighted by Crippen LogP contribution is 2.23. The first-order valence-electron chi connectivity index (χ1n) is 7.13. The number of benzene rings is 2. The van der Waals surface area contributed by atoms with E-state index in [0.29, 0.717) is 5.69 Å². The Labute approximate surface area is 133 Å². The van der Waals surface area contributed by atoms with Gasteiger partial charge in [0, 0.05) is 0 Å². The molecule has 0 aliphatic rings. The number of aryl methyl sites for hydroxylation is 1. The lowest BCUT2D eigenvalue weighted by Crippen LogP contribution is -1.98. The van der Waals surface area contributed by atoms with Crippen LogP contribution < -0.4 is 0 Å². The van der Waals surface area contributed by atoms with Crippen molar-refractivity contribution < 1.29 is 9.90 Å². The van der Waals surface area contributed by atoms with Crippen molar-refractivity contribution in [1.29, 1.82) is 0 Å². The topological polar surface area (TPSA) is 78.9 Å². The summed E-state index contributed by atoms with van der Waals surface area (Å²) in [4.78, 5) is 11.0. The third-order valence-corrected chi connectivity index (χ3v) is 3.58. The molecule has 114 valence electrons. The Hall–Kier alpha value is -3.21. The average Bonchev–Trinajstić information content (AvgIpc) is 3.03. The van der Waals surface area contributed by atoms with Gasteiger partial charge in [0.15, 0.2) is 5.69 Å². The first-order chi connectivity index (χ1) is 11.1. The van der Waals surface area contributed by atoms with Crippen LogP contribution in [0, 0.1) is 6.92 Å². The van der Waals surface area contributed by atoms with Crippen LogP contribution in [0.1, 0.15) is 27.3 Å². The molecule has 3 rings (SSSR count). The molecule has 0 aliphatic carbocycles. The Morgan fingerprint density at radius 2 is 1.78 bits per heavy atom. The summed E-state index contributed by atoms with van der Waals surface area (Å²) < 4.78 is 0. The summed E-state index contributed by atoms with van der Waals surface area (Å²) >= 11 is 0. The zero-order valence-corrected chi connectivity index (χ0v) is 12.5. The van der Waals surface area contributed by atoms with E-state index >= 15 is 0 Å². The fourth-order valence-electron chi connectivity index (χ4n) is 2.36. The highest BCUT2D eigenvalue weighted by Gasteiger charge is 2.12. The lowest BCUT2D eigenvalue weighted by molar-refractivity contribution is 0.0690. The summed E-state index contributed by atoms with van der Waals surface area (Å²) in [6.07, 6.45) is 3.45. The van der Waals surface area contributed by atoms with Crippen LogP contribution in [-0.4, -0.2) is 26.5 Å². The number of carbonyl (C=O) groups is 1. The van der Waals surface area contributed by atoms with E-state index in [2.05, 4.69) is 34.5 Å². The highest BCUT2D eigenvalue weighted by molar-refractivity contribution is 5.90. The molecule has 0 bridgehead atoms. The molecule has 0 atom stereocenters. The maximum absolute atomic E-state index is 11.0. The van der Waals surface area contributed by atoms with E-state index in [1.54, 1.807) is 6.08 Å². The van der Waals surface area contributed by atoms with Crippen molar-refractivity contribution in [2.24, 2.45) is 0 Å². The number of nitrogens with one attached hydrogen (secondary N) is 1. The third kappa shape index (κ3) is 3.18. The van der Waals surface area contributed by atoms with E-state index in [1.165, 1.54) is 11.1 Å². The first kappa shape index (κ1) is 14.7. The molecular formula is C18H15N3O2. The second-order valence-corrected chi connectivity index (χ2v) is 5.13. The molecule has 23 heavy (non-hydrogen) atoms. The number of aromatic carboxylic acids is 1. The van der Waals surface area contributed by atoms with E-state index in [1.807, 2.05) is 42.5 Å². The molecule has 2 aromatic carbocycles. The highest BCUT2D eigenvalue weighted by atomic mass is 16.4. The molecule has 2 N–H and O–H groups in total. The van der Waals surface area contributed by atoms with Crippen LogP contribution >= 0.6 is 0 Å². The van der Waals surface area contributed by atoms with Crippen molar-refractivity contribution in [3.8, 4) is 11.1 Å². The largest absolute Gasteiger partial charge is 0.476 e. The number of aromatic nitrogens is 3. The van der Waals surface area contributed by atoms with Crippen molar-refractivity contribution in [1.82, 2.24) is 15.4 Å². The van der Waals surface area contributed by atoms with Gasteiger partial charge in [-0.3, -0.25) is 0 Å². The van der Waals surface area contributed by atoms with Crippen LogP contribution in [0.4, 0.5) is 0 Å². The molecule has 3 aromatic rings. The molecule has 0 spiro atoms. The minimum absolute atomic E-state index is 0.0854. The maximum atomic E-state index is 11.0. The Kier molecular flexibility index (Phi) is 4.01. The molecule has 5 nitrogen and oxygen atoms in total. The molecule has 1 aromatic heterocycles. The van der Waals surface area contributed by atoms with E-state index in [-0.39, 0.29) is 5.69 Å². The molecule has 0 aliphatic heterocycles. The molecule has 0 radical (unpaired) electrons. The minimum Gasteiger partial charge on any atom is -0.476 e. The molecular weight excluding hydrogens is 290 g/mol. The fourth-order valence-corrected chi connectivity index (χ4v) is 2.36. The van der Waals surface area contributed by atoms with Gasteiger partial charge in [-0.2, -0.15) is 10.3 Å². The van der Waals surface area contributed by atoms with Gasteiger partial charge in [-0.25, -0.2) is 4.79 Å². The number of H-pyrrole nitrogens is 1. The van der Waals surface area contributed by atoms with E-state index < -0.39 is 5.97 Å². The van der Waals surface area contributed by atoms with Crippen LogP contribution in [0.5, 0.6) is 0 Å². The van der Waals surface area contributed by atoms with Gasteiger partial charge in [-0.05, 0) is 35.3 Å². The lowest BCUT2D eigenvalue weighted by atomic mass is 9.99. The summed E-state index contributed by atoms with van der Waals surface area (Å²) in [5, 5.41) is 18.7. The number of nitrogens with zero attached hydrogens (tertiary/aromatic N) is 2. The Morgan fingerprint density at radius 1 is 1.04 bits per heavy atom. The summed E-state index contributed by atoms with van der Waals surface area (Å²) in [5.74, 6) is -1.10. The second-order valence-electron chi connectivity index (χ2n) is 5.13. The van der Waals surface area contributed by atoms with Crippen molar-refractivity contribution >= 4 is 18.1 Å². The molecule has 0 fully saturated rings. The maximum Gasteiger partial charge on any atom is 0.358 e. The van der Waals surface area contributed by atoms with Gasteiger partial charge in [0.25, 0.3) is 0 Å². The van der Waals surface area contributed by atoms with E-state index in [9.17, 15) is 4.79 Å². The predicted molar refractivity (Wildman–Crippen MR) is 88.9 cm³/mol. The van der Waals surface area contributed by atoms with Gasteiger partial charge >= 0.3 is 5.97 Å². The number of carboxylic acid groups (broad SMARTS) is 1.